The van der Waals surface area contributed by atoms with Crippen LogP contribution in [0.25, 0.3) is 0 Å². The lowest BCUT2D eigenvalue weighted by atomic mass is 10.1. The number of halogens is 1. The molecule has 2 rings (SSSR count). The molecule has 6 heteroatoms. The minimum atomic E-state index is -0.0400. The first-order chi connectivity index (χ1) is 7.22. The maximum Gasteiger partial charge on any atom is 0.289 e. The standard InChI is InChI=1S/C10H14N2O2S.ClH/c1-12(7-5-11-6-7)10(13)8-3-4-9(14-8)15-2;/h3-4,7,11H,5-6H2,1-2H3;1H. The molecule has 1 saturated heterocycles. The molecule has 0 aliphatic carbocycles. The molecule has 1 N–H and O–H groups in total. The molecule has 1 aromatic rings. The number of carbonyl (C=O) groups excluding carboxylic acids is 1. The number of amides is 1. The summed E-state index contributed by atoms with van der Waals surface area (Å²) >= 11 is 1.50. The van der Waals surface area contributed by atoms with Crippen molar-refractivity contribution in [2.24, 2.45) is 0 Å². The Balaban J connectivity index is 0.00000128. The summed E-state index contributed by atoms with van der Waals surface area (Å²) in [5, 5.41) is 3.91. The Hall–Kier alpha value is -0.650. The van der Waals surface area contributed by atoms with Crippen LogP contribution >= 0.6 is 24.2 Å². The van der Waals surface area contributed by atoms with Gasteiger partial charge in [-0.2, -0.15) is 0 Å². The molecule has 16 heavy (non-hydrogen) atoms. The van der Waals surface area contributed by atoms with E-state index >= 15 is 0 Å². The lowest BCUT2D eigenvalue weighted by Gasteiger charge is -2.35. The van der Waals surface area contributed by atoms with Gasteiger partial charge in [0.1, 0.15) is 0 Å². The van der Waals surface area contributed by atoms with E-state index in [1.54, 1.807) is 11.0 Å². The van der Waals surface area contributed by atoms with Gasteiger partial charge in [0.2, 0.25) is 0 Å². The maximum atomic E-state index is 11.9. The summed E-state index contributed by atoms with van der Waals surface area (Å²) in [7, 11) is 1.81. The van der Waals surface area contributed by atoms with Gasteiger partial charge in [0.25, 0.3) is 5.91 Å². The van der Waals surface area contributed by atoms with Crippen molar-refractivity contribution >= 4 is 30.1 Å². The average molecular weight is 263 g/mol. The van der Waals surface area contributed by atoms with Crippen molar-refractivity contribution < 1.29 is 9.21 Å². The van der Waals surface area contributed by atoms with Crippen molar-refractivity contribution in [2.75, 3.05) is 26.4 Å². The summed E-state index contributed by atoms with van der Waals surface area (Å²) in [6.07, 6.45) is 1.92. The molecule has 1 aromatic heterocycles. The molecule has 0 saturated carbocycles. The highest BCUT2D eigenvalue weighted by Crippen LogP contribution is 2.19. The third-order valence-electron chi connectivity index (χ3n) is 2.62. The van der Waals surface area contributed by atoms with Crippen molar-refractivity contribution in [1.29, 1.82) is 0 Å². The van der Waals surface area contributed by atoms with Crippen molar-refractivity contribution in [3.63, 3.8) is 0 Å². The zero-order chi connectivity index (χ0) is 10.8. The Morgan fingerprint density at radius 2 is 2.25 bits per heavy atom. The smallest absolute Gasteiger partial charge is 0.289 e. The van der Waals surface area contributed by atoms with Gasteiger partial charge >= 0.3 is 0 Å². The fraction of sp³-hybridized carbons (Fsp3) is 0.500. The van der Waals surface area contributed by atoms with E-state index in [9.17, 15) is 4.79 Å². The zero-order valence-electron chi connectivity index (χ0n) is 9.23. The molecule has 1 aliphatic heterocycles. The second kappa shape index (κ2) is 5.61. The number of nitrogens with one attached hydrogen (secondary N) is 1. The summed E-state index contributed by atoms with van der Waals surface area (Å²) in [5.41, 5.74) is 0. The van der Waals surface area contributed by atoms with Gasteiger partial charge in [-0.05, 0) is 18.4 Å². The fourth-order valence-electron chi connectivity index (χ4n) is 1.43. The van der Waals surface area contributed by atoms with E-state index in [0.717, 1.165) is 18.2 Å². The molecule has 0 atom stereocenters. The largest absolute Gasteiger partial charge is 0.445 e. The van der Waals surface area contributed by atoms with Gasteiger partial charge in [-0.15, -0.1) is 12.4 Å². The predicted octanol–water partition coefficient (Wildman–Crippen LogP) is 1.47. The normalized spacial score (nSPS) is 15.1. The Kier molecular flexibility index (Phi) is 4.70. The number of carbonyl (C=O) groups is 1. The Labute approximate surface area is 105 Å². The van der Waals surface area contributed by atoms with E-state index in [4.69, 9.17) is 4.42 Å². The van der Waals surface area contributed by atoms with Crippen molar-refractivity contribution in [2.45, 2.75) is 11.1 Å². The van der Waals surface area contributed by atoms with Crippen molar-refractivity contribution in [1.82, 2.24) is 10.2 Å². The van der Waals surface area contributed by atoms with Crippen LogP contribution in [0.5, 0.6) is 0 Å². The average Bonchev–Trinajstić information content (AvgIpc) is 2.61. The van der Waals surface area contributed by atoms with Gasteiger partial charge in [0.15, 0.2) is 10.9 Å². The van der Waals surface area contributed by atoms with Gasteiger partial charge < -0.3 is 14.6 Å². The van der Waals surface area contributed by atoms with Crippen LogP contribution in [0, 0.1) is 0 Å². The lowest BCUT2D eigenvalue weighted by Crippen LogP contribution is -2.57. The van der Waals surface area contributed by atoms with Crippen LogP contribution in [0.4, 0.5) is 0 Å². The van der Waals surface area contributed by atoms with Crippen LogP contribution in [0.15, 0.2) is 21.6 Å². The monoisotopic (exact) mass is 262 g/mol. The molecule has 0 bridgehead atoms. The van der Waals surface area contributed by atoms with E-state index in [2.05, 4.69) is 5.32 Å². The summed E-state index contributed by atoms with van der Waals surface area (Å²) in [6, 6.07) is 3.86. The molecular weight excluding hydrogens is 248 g/mol. The van der Waals surface area contributed by atoms with E-state index in [0.29, 0.717) is 11.8 Å². The van der Waals surface area contributed by atoms with Crippen LogP contribution in [-0.2, 0) is 0 Å². The van der Waals surface area contributed by atoms with E-state index in [-0.39, 0.29) is 18.3 Å². The maximum absolute atomic E-state index is 11.9. The van der Waals surface area contributed by atoms with Crippen LogP contribution in [0.2, 0.25) is 0 Å². The number of nitrogens with zero attached hydrogens (tertiary/aromatic N) is 1. The van der Waals surface area contributed by atoms with Gasteiger partial charge in [-0.3, -0.25) is 4.79 Å². The Bertz CT molecular complexity index is 365. The molecule has 0 spiro atoms. The van der Waals surface area contributed by atoms with Gasteiger partial charge in [0, 0.05) is 20.1 Å². The molecule has 1 amide bonds. The third kappa shape index (κ3) is 2.53. The first-order valence-corrected chi connectivity index (χ1v) is 6.06. The summed E-state index contributed by atoms with van der Waals surface area (Å²) in [4.78, 5) is 13.6. The number of hydrogen-bond acceptors (Lipinski definition) is 4. The van der Waals surface area contributed by atoms with Gasteiger partial charge in [0.05, 0.1) is 6.04 Å². The molecule has 2 heterocycles. The number of rotatable bonds is 3. The quantitative estimate of drug-likeness (QED) is 0.838. The summed E-state index contributed by atoms with van der Waals surface area (Å²) in [6.45, 7) is 1.75. The predicted molar refractivity (Wildman–Crippen MR) is 66.5 cm³/mol. The minimum Gasteiger partial charge on any atom is -0.445 e. The number of thioether (sulfide) groups is 1. The number of furan rings is 1. The molecule has 4 nitrogen and oxygen atoms in total. The third-order valence-corrected chi connectivity index (χ3v) is 3.24. The van der Waals surface area contributed by atoms with Crippen molar-refractivity contribution in [3.05, 3.63) is 17.9 Å². The van der Waals surface area contributed by atoms with E-state index in [1.165, 1.54) is 11.8 Å². The van der Waals surface area contributed by atoms with E-state index in [1.807, 2.05) is 19.4 Å². The van der Waals surface area contributed by atoms with Gasteiger partial charge in [-0.1, -0.05) is 11.8 Å². The minimum absolute atomic E-state index is 0. The zero-order valence-corrected chi connectivity index (χ0v) is 10.9. The topological polar surface area (TPSA) is 45.5 Å². The Morgan fingerprint density at radius 1 is 1.56 bits per heavy atom. The van der Waals surface area contributed by atoms with Crippen LogP contribution in [-0.4, -0.2) is 43.2 Å². The number of hydrogen-bond donors (Lipinski definition) is 1. The number of likely N-dealkylation sites (N-methyl/N-ethyl adjacent to an activating group) is 1. The second-order valence-electron chi connectivity index (χ2n) is 3.55. The first-order valence-electron chi connectivity index (χ1n) is 4.84. The lowest BCUT2D eigenvalue weighted by molar-refractivity contribution is 0.0643. The highest BCUT2D eigenvalue weighted by atomic mass is 35.5. The fourth-order valence-corrected chi connectivity index (χ4v) is 1.81. The SMILES string of the molecule is CSc1ccc(C(=O)N(C)C2CNC2)o1.Cl. The first kappa shape index (κ1) is 13.4. The molecule has 90 valence electrons. The highest BCUT2D eigenvalue weighted by Gasteiger charge is 2.27. The molecule has 1 aliphatic rings. The van der Waals surface area contributed by atoms with Crippen LogP contribution < -0.4 is 5.32 Å². The summed E-state index contributed by atoms with van der Waals surface area (Å²) < 4.78 is 5.39. The molecule has 1 fully saturated rings. The van der Waals surface area contributed by atoms with Gasteiger partial charge in [-0.25, -0.2) is 0 Å². The highest BCUT2D eigenvalue weighted by molar-refractivity contribution is 7.98. The van der Waals surface area contributed by atoms with E-state index < -0.39 is 0 Å². The summed E-state index contributed by atoms with van der Waals surface area (Å²) in [5.74, 6) is 0.385. The van der Waals surface area contributed by atoms with Crippen molar-refractivity contribution in [3.8, 4) is 0 Å². The van der Waals surface area contributed by atoms with Crippen LogP contribution in [0.1, 0.15) is 10.6 Å². The molecular formula is C10H15ClN2O2S. The second-order valence-corrected chi connectivity index (χ2v) is 4.36. The molecule has 0 radical (unpaired) electrons. The Morgan fingerprint density at radius 3 is 2.69 bits per heavy atom. The molecule has 0 aromatic carbocycles. The van der Waals surface area contributed by atoms with Crippen LogP contribution in [0.3, 0.4) is 0 Å². The molecule has 0 unspecified atom stereocenters.